The van der Waals surface area contributed by atoms with Crippen LogP contribution in [0.5, 0.6) is 0 Å². The molecule has 3 aromatic rings. The lowest BCUT2D eigenvalue weighted by Gasteiger charge is -1.99. The summed E-state index contributed by atoms with van der Waals surface area (Å²) < 4.78 is 5.71. The van der Waals surface area contributed by atoms with Crippen molar-refractivity contribution in [3.8, 4) is 11.3 Å². The largest absolute Gasteiger partial charge is 0.457 e. The third-order valence-electron chi connectivity index (χ3n) is 3.29. The molecular weight excluding hydrogens is 331 g/mol. The highest BCUT2D eigenvalue weighted by atomic mass is 35.5. The van der Waals surface area contributed by atoms with Crippen molar-refractivity contribution in [2.24, 2.45) is 0 Å². The van der Waals surface area contributed by atoms with Crippen molar-refractivity contribution in [2.75, 3.05) is 0 Å². The van der Waals surface area contributed by atoms with Crippen molar-refractivity contribution >= 4 is 35.1 Å². The number of allylic oxidation sites excluding steroid dienone is 1. The molecule has 0 fully saturated rings. The Morgan fingerprint density at radius 1 is 0.913 bits per heavy atom. The molecule has 0 aliphatic carbocycles. The number of ketones is 1. The number of carbonyl (C=O) groups is 1. The Hall–Kier alpha value is -2.29. The first-order chi connectivity index (χ1) is 11.1. The molecule has 114 valence electrons. The van der Waals surface area contributed by atoms with Gasteiger partial charge in [0.2, 0.25) is 0 Å². The summed E-state index contributed by atoms with van der Waals surface area (Å²) in [6, 6.07) is 18.0. The van der Waals surface area contributed by atoms with Crippen LogP contribution in [0.15, 0.2) is 71.2 Å². The van der Waals surface area contributed by atoms with Gasteiger partial charge in [0, 0.05) is 11.1 Å². The number of hydrogen-bond donors (Lipinski definition) is 0. The Balaban J connectivity index is 1.78. The van der Waals surface area contributed by atoms with Gasteiger partial charge in [0.15, 0.2) is 5.78 Å². The van der Waals surface area contributed by atoms with Crippen LogP contribution in [0, 0.1) is 0 Å². The second kappa shape index (κ2) is 6.86. The van der Waals surface area contributed by atoms with E-state index in [1.165, 1.54) is 6.08 Å². The first-order valence-corrected chi connectivity index (χ1v) is 7.72. The van der Waals surface area contributed by atoms with Gasteiger partial charge < -0.3 is 4.42 Å². The van der Waals surface area contributed by atoms with E-state index in [-0.39, 0.29) is 5.78 Å². The molecule has 0 saturated carbocycles. The average molecular weight is 343 g/mol. The minimum atomic E-state index is -0.0712. The molecular formula is C19H12Cl2O2. The number of halogens is 2. The fourth-order valence-corrected chi connectivity index (χ4v) is 2.40. The summed E-state index contributed by atoms with van der Waals surface area (Å²) in [6.07, 6.45) is 3.14. The molecule has 0 aliphatic heterocycles. The van der Waals surface area contributed by atoms with Crippen LogP contribution in [-0.4, -0.2) is 5.78 Å². The second-order valence-electron chi connectivity index (χ2n) is 4.89. The van der Waals surface area contributed by atoms with Gasteiger partial charge in [-0.2, -0.15) is 0 Å². The van der Waals surface area contributed by atoms with Gasteiger partial charge in [0.25, 0.3) is 0 Å². The van der Waals surface area contributed by atoms with Crippen LogP contribution in [0.4, 0.5) is 0 Å². The van der Waals surface area contributed by atoms with E-state index in [0.717, 1.165) is 5.56 Å². The van der Waals surface area contributed by atoms with Crippen LogP contribution in [0.2, 0.25) is 10.0 Å². The third kappa shape index (κ3) is 3.73. The molecule has 0 aliphatic rings. The molecule has 0 N–H and O–H groups in total. The first-order valence-electron chi connectivity index (χ1n) is 6.96. The summed E-state index contributed by atoms with van der Waals surface area (Å²) in [4.78, 5) is 12.0. The summed E-state index contributed by atoms with van der Waals surface area (Å²) in [5.74, 6) is 1.18. The van der Waals surface area contributed by atoms with E-state index in [9.17, 15) is 4.79 Å². The molecule has 4 heteroatoms. The zero-order valence-corrected chi connectivity index (χ0v) is 13.5. The zero-order valence-electron chi connectivity index (χ0n) is 12.0. The van der Waals surface area contributed by atoms with Crippen LogP contribution in [-0.2, 0) is 0 Å². The quantitative estimate of drug-likeness (QED) is 0.420. The van der Waals surface area contributed by atoms with Crippen molar-refractivity contribution in [3.05, 3.63) is 88.1 Å². The Morgan fingerprint density at radius 3 is 2.43 bits per heavy atom. The second-order valence-corrected chi connectivity index (χ2v) is 5.71. The van der Waals surface area contributed by atoms with Gasteiger partial charge in [0.1, 0.15) is 11.5 Å². The van der Waals surface area contributed by atoms with Crippen molar-refractivity contribution in [2.45, 2.75) is 0 Å². The van der Waals surface area contributed by atoms with E-state index in [2.05, 4.69) is 0 Å². The number of benzene rings is 2. The lowest BCUT2D eigenvalue weighted by molar-refractivity contribution is 0.104. The lowest BCUT2D eigenvalue weighted by Crippen LogP contribution is -1.92. The van der Waals surface area contributed by atoms with E-state index in [1.807, 2.05) is 30.3 Å². The monoisotopic (exact) mass is 342 g/mol. The number of rotatable bonds is 4. The maximum atomic E-state index is 12.0. The predicted molar refractivity (Wildman–Crippen MR) is 94.0 cm³/mol. The summed E-state index contributed by atoms with van der Waals surface area (Å²) in [5, 5.41) is 0.965. The molecule has 0 saturated heterocycles. The summed E-state index contributed by atoms with van der Waals surface area (Å²) in [7, 11) is 0. The van der Waals surface area contributed by atoms with Crippen molar-refractivity contribution in [1.29, 1.82) is 0 Å². The Kier molecular flexibility index (Phi) is 4.65. The van der Waals surface area contributed by atoms with Gasteiger partial charge in [-0.15, -0.1) is 0 Å². The molecule has 2 nitrogen and oxygen atoms in total. The predicted octanol–water partition coefficient (Wildman–Crippen LogP) is 6.15. The van der Waals surface area contributed by atoms with Gasteiger partial charge >= 0.3 is 0 Å². The molecule has 0 spiro atoms. The van der Waals surface area contributed by atoms with E-state index < -0.39 is 0 Å². The third-order valence-corrected chi connectivity index (χ3v) is 4.03. The summed E-state index contributed by atoms with van der Waals surface area (Å²) in [5.41, 5.74) is 1.47. The van der Waals surface area contributed by atoms with Gasteiger partial charge in [0.05, 0.1) is 10.0 Å². The number of furan rings is 1. The SMILES string of the molecule is O=C(C=Cc1ccc(-c2ccc(Cl)c(Cl)c2)o1)c1ccccc1. The molecule has 1 aromatic heterocycles. The summed E-state index contributed by atoms with van der Waals surface area (Å²) >= 11 is 11.9. The fourth-order valence-electron chi connectivity index (χ4n) is 2.10. The van der Waals surface area contributed by atoms with Crippen LogP contribution >= 0.6 is 23.2 Å². The van der Waals surface area contributed by atoms with E-state index >= 15 is 0 Å². The highest BCUT2D eigenvalue weighted by molar-refractivity contribution is 6.42. The molecule has 0 unspecified atom stereocenters. The van der Waals surface area contributed by atoms with Gasteiger partial charge in [-0.25, -0.2) is 0 Å². The van der Waals surface area contributed by atoms with Gasteiger partial charge in [-0.1, -0.05) is 53.5 Å². The molecule has 3 rings (SSSR count). The van der Waals surface area contributed by atoms with Gasteiger partial charge in [-0.3, -0.25) is 4.79 Å². The highest BCUT2D eigenvalue weighted by Gasteiger charge is 2.06. The van der Waals surface area contributed by atoms with Crippen LogP contribution in [0.3, 0.4) is 0 Å². The normalized spacial score (nSPS) is 11.0. The van der Waals surface area contributed by atoms with Crippen molar-refractivity contribution < 1.29 is 9.21 Å². The lowest BCUT2D eigenvalue weighted by atomic mass is 10.1. The highest BCUT2D eigenvalue weighted by Crippen LogP contribution is 2.29. The molecule has 1 heterocycles. The Bertz CT molecular complexity index is 864. The molecule has 2 aromatic carbocycles. The maximum absolute atomic E-state index is 12.0. The Labute approximate surface area is 144 Å². The topological polar surface area (TPSA) is 30.2 Å². The molecule has 0 bridgehead atoms. The molecule has 0 amide bonds. The smallest absolute Gasteiger partial charge is 0.185 e. The van der Waals surface area contributed by atoms with E-state index in [0.29, 0.717) is 27.1 Å². The average Bonchev–Trinajstić information content (AvgIpc) is 3.05. The summed E-state index contributed by atoms with van der Waals surface area (Å²) in [6.45, 7) is 0. The molecule has 23 heavy (non-hydrogen) atoms. The molecule has 0 radical (unpaired) electrons. The van der Waals surface area contributed by atoms with Crippen molar-refractivity contribution in [1.82, 2.24) is 0 Å². The van der Waals surface area contributed by atoms with Crippen LogP contribution in [0.1, 0.15) is 16.1 Å². The van der Waals surface area contributed by atoms with Crippen molar-refractivity contribution in [3.63, 3.8) is 0 Å². The standard InChI is InChI=1S/C19H12Cl2O2/c20-16-9-6-14(12-17(16)21)19-11-8-15(23-19)7-10-18(22)13-4-2-1-3-5-13/h1-12H. The Morgan fingerprint density at radius 2 is 1.70 bits per heavy atom. The first kappa shape index (κ1) is 15.6. The molecule has 0 atom stereocenters. The number of carbonyl (C=O) groups excluding carboxylic acids is 1. The van der Waals surface area contributed by atoms with Crippen LogP contribution in [0.25, 0.3) is 17.4 Å². The fraction of sp³-hybridized carbons (Fsp3) is 0. The minimum absolute atomic E-state index is 0.0712. The maximum Gasteiger partial charge on any atom is 0.185 e. The number of hydrogen-bond acceptors (Lipinski definition) is 2. The van der Waals surface area contributed by atoms with Gasteiger partial charge in [-0.05, 0) is 42.5 Å². The van der Waals surface area contributed by atoms with E-state index in [1.54, 1.807) is 36.4 Å². The minimum Gasteiger partial charge on any atom is -0.457 e. The zero-order chi connectivity index (χ0) is 16.2. The van der Waals surface area contributed by atoms with E-state index in [4.69, 9.17) is 27.6 Å². The van der Waals surface area contributed by atoms with Crippen LogP contribution < -0.4 is 0 Å².